The highest BCUT2D eigenvalue weighted by molar-refractivity contribution is 7.89. The first-order chi connectivity index (χ1) is 12.3. The Morgan fingerprint density at radius 3 is 2.58 bits per heavy atom. The minimum atomic E-state index is -3.63. The smallest absolute Gasteiger partial charge is 0.240 e. The van der Waals surface area contributed by atoms with Gasteiger partial charge in [0.2, 0.25) is 15.9 Å². The molecule has 0 atom stereocenters. The molecule has 1 amide bonds. The molecule has 0 aromatic heterocycles. The number of benzene rings is 2. The summed E-state index contributed by atoms with van der Waals surface area (Å²) in [5, 5.41) is 2.77. The number of aryl methyl sites for hydroxylation is 2. The van der Waals surface area contributed by atoms with E-state index in [9.17, 15) is 13.2 Å². The van der Waals surface area contributed by atoms with Crippen LogP contribution in [-0.2, 0) is 21.4 Å². The summed E-state index contributed by atoms with van der Waals surface area (Å²) in [5.74, 6) is 0.495. The van der Waals surface area contributed by atoms with E-state index in [1.54, 1.807) is 26.2 Å². The number of sulfonamides is 1. The van der Waals surface area contributed by atoms with Crippen LogP contribution in [-0.4, -0.2) is 28.0 Å². The second kappa shape index (κ2) is 8.82. The molecule has 0 heterocycles. The molecule has 140 valence electrons. The Morgan fingerprint density at radius 1 is 1.12 bits per heavy atom. The fourth-order valence-corrected chi connectivity index (χ4v) is 3.81. The molecule has 0 saturated heterocycles. The maximum absolute atomic E-state index is 12.3. The first-order valence-electron chi connectivity index (χ1n) is 8.28. The van der Waals surface area contributed by atoms with E-state index in [2.05, 4.69) is 10.0 Å². The lowest BCUT2D eigenvalue weighted by atomic mass is 10.2. The van der Waals surface area contributed by atoms with Crippen LogP contribution in [0.5, 0.6) is 5.75 Å². The number of rotatable bonds is 8. The summed E-state index contributed by atoms with van der Waals surface area (Å²) in [4.78, 5) is 12.2. The number of carbonyl (C=O) groups is 1. The lowest BCUT2D eigenvalue weighted by Gasteiger charge is -2.10. The third-order valence-electron chi connectivity index (χ3n) is 3.89. The van der Waals surface area contributed by atoms with Crippen LogP contribution < -0.4 is 14.8 Å². The van der Waals surface area contributed by atoms with Crippen LogP contribution in [0.3, 0.4) is 0 Å². The lowest BCUT2D eigenvalue weighted by Crippen LogP contribution is -2.30. The maximum atomic E-state index is 12.3. The zero-order chi connectivity index (χ0) is 19.2. The average Bonchev–Trinajstić information content (AvgIpc) is 2.59. The quantitative estimate of drug-likeness (QED) is 0.740. The normalized spacial score (nSPS) is 11.2. The second-order valence-electron chi connectivity index (χ2n) is 6.04. The van der Waals surface area contributed by atoms with E-state index < -0.39 is 10.0 Å². The Kier molecular flexibility index (Phi) is 6.76. The van der Waals surface area contributed by atoms with Crippen LogP contribution in [0.2, 0.25) is 0 Å². The molecule has 0 aliphatic carbocycles. The molecule has 2 aromatic rings. The van der Waals surface area contributed by atoms with Crippen molar-refractivity contribution < 1.29 is 17.9 Å². The van der Waals surface area contributed by atoms with E-state index in [4.69, 9.17) is 4.74 Å². The Labute approximate surface area is 154 Å². The zero-order valence-electron chi connectivity index (χ0n) is 15.2. The summed E-state index contributed by atoms with van der Waals surface area (Å²) >= 11 is 0. The van der Waals surface area contributed by atoms with Crippen molar-refractivity contribution in [2.45, 2.75) is 31.7 Å². The maximum Gasteiger partial charge on any atom is 0.240 e. The summed E-state index contributed by atoms with van der Waals surface area (Å²) in [6.07, 6.45) is 0.0636. The monoisotopic (exact) mass is 376 g/mol. The summed E-state index contributed by atoms with van der Waals surface area (Å²) in [6, 6.07) is 12.5. The van der Waals surface area contributed by atoms with Crippen LogP contribution in [0.25, 0.3) is 0 Å². The fraction of sp³-hybridized carbons (Fsp3) is 0.316. The molecular formula is C19H24N2O4S. The number of nitrogens with one attached hydrogen (secondary N) is 2. The van der Waals surface area contributed by atoms with Crippen molar-refractivity contribution >= 4 is 15.9 Å². The van der Waals surface area contributed by atoms with E-state index >= 15 is 0 Å². The van der Waals surface area contributed by atoms with Crippen molar-refractivity contribution in [1.29, 1.82) is 0 Å². The van der Waals surface area contributed by atoms with Crippen molar-refractivity contribution in [2.75, 3.05) is 13.7 Å². The summed E-state index contributed by atoms with van der Waals surface area (Å²) < 4.78 is 32.3. The average molecular weight is 376 g/mol. The minimum Gasteiger partial charge on any atom is -0.497 e. The first kappa shape index (κ1) is 19.9. The molecule has 0 radical (unpaired) electrons. The van der Waals surface area contributed by atoms with Crippen molar-refractivity contribution in [1.82, 2.24) is 10.0 Å². The largest absolute Gasteiger partial charge is 0.497 e. The summed E-state index contributed by atoms with van der Waals surface area (Å²) in [6.45, 7) is 4.06. The minimum absolute atomic E-state index is 0.0413. The van der Waals surface area contributed by atoms with Crippen molar-refractivity contribution in [3.8, 4) is 5.75 Å². The van der Waals surface area contributed by atoms with Crippen LogP contribution in [0.4, 0.5) is 0 Å². The Balaban J connectivity index is 1.83. The predicted octanol–water partition coefficient (Wildman–Crippen LogP) is 2.30. The standard InChI is InChI=1S/C19H24N2O4S/c1-14-7-8-18(15(2)11-14)26(23,24)21-10-9-19(22)20-13-16-5-4-6-17(12-16)25-3/h4-8,11-12,21H,9-10,13H2,1-3H3,(H,20,22). The van der Waals surface area contributed by atoms with E-state index in [1.165, 1.54) is 0 Å². The number of hydrogen-bond donors (Lipinski definition) is 2. The van der Waals surface area contributed by atoms with Crippen LogP contribution in [0.1, 0.15) is 23.1 Å². The van der Waals surface area contributed by atoms with Crippen molar-refractivity contribution in [3.05, 3.63) is 59.2 Å². The lowest BCUT2D eigenvalue weighted by molar-refractivity contribution is -0.121. The topological polar surface area (TPSA) is 84.5 Å². The SMILES string of the molecule is COc1cccc(CNC(=O)CCNS(=O)(=O)c2ccc(C)cc2C)c1. The zero-order valence-corrected chi connectivity index (χ0v) is 16.0. The fourth-order valence-electron chi connectivity index (χ4n) is 2.55. The molecule has 0 aliphatic rings. The molecule has 0 bridgehead atoms. The summed E-state index contributed by atoms with van der Waals surface area (Å²) in [5.41, 5.74) is 2.59. The van der Waals surface area contributed by atoms with Gasteiger partial charge in [-0.05, 0) is 43.2 Å². The molecule has 0 spiro atoms. The van der Waals surface area contributed by atoms with Gasteiger partial charge in [0.05, 0.1) is 12.0 Å². The molecule has 0 fully saturated rings. The van der Waals surface area contributed by atoms with Crippen LogP contribution in [0.15, 0.2) is 47.4 Å². The number of carbonyl (C=O) groups excluding carboxylic acids is 1. The van der Waals surface area contributed by atoms with Gasteiger partial charge in [-0.1, -0.05) is 29.8 Å². The molecule has 2 rings (SSSR count). The van der Waals surface area contributed by atoms with Gasteiger partial charge in [0.1, 0.15) is 5.75 Å². The second-order valence-corrected chi connectivity index (χ2v) is 7.78. The number of amides is 1. The molecule has 7 heteroatoms. The highest BCUT2D eigenvalue weighted by Crippen LogP contribution is 2.16. The third kappa shape index (κ3) is 5.57. The highest BCUT2D eigenvalue weighted by atomic mass is 32.2. The van der Waals surface area contributed by atoms with E-state index in [0.29, 0.717) is 12.1 Å². The Hall–Kier alpha value is -2.38. The predicted molar refractivity (Wildman–Crippen MR) is 101 cm³/mol. The molecule has 0 saturated carbocycles. The highest BCUT2D eigenvalue weighted by Gasteiger charge is 2.16. The third-order valence-corrected chi connectivity index (χ3v) is 5.51. The van der Waals surface area contributed by atoms with Crippen LogP contribution >= 0.6 is 0 Å². The van der Waals surface area contributed by atoms with Gasteiger partial charge in [-0.2, -0.15) is 0 Å². The number of ether oxygens (including phenoxy) is 1. The molecular weight excluding hydrogens is 352 g/mol. The Bertz CT molecular complexity index is 879. The van der Waals surface area contributed by atoms with Gasteiger partial charge in [-0.25, -0.2) is 13.1 Å². The van der Waals surface area contributed by atoms with Gasteiger partial charge in [0.15, 0.2) is 0 Å². The van der Waals surface area contributed by atoms with Gasteiger partial charge >= 0.3 is 0 Å². The van der Waals surface area contributed by atoms with Crippen molar-refractivity contribution in [3.63, 3.8) is 0 Å². The Morgan fingerprint density at radius 2 is 1.88 bits per heavy atom. The van der Waals surface area contributed by atoms with E-state index in [0.717, 1.165) is 16.9 Å². The van der Waals surface area contributed by atoms with Gasteiger partial charge in [-0.3, -0.25) is 4.79 Å². The van der Waals surface area contributed by atoms with Gasteiger partial charge in [0.25, 0.3) is 0 Å². The molecule has 6 nitrogen and oxygen atoms in total. The van der Waals surface area contributed by atoms with E-state index in [1.807, 2.05) is 37.3 Å². The van der Waals surface area contributed by atoms with Gasteiger partial charge in [-0.15, -0.1) is 0 Å². The van der Waals surface area contributed by atoms with Crippen molar-refractivity contribution in [2.24, 2.45) is 0 Å². The van der Waals surface area contributed by atoms with Gasteiger partial charge in [0, 0.05) is 19.5 Å². The molecule has 0 unspecified atom stereocenters. The number of methoxy groups -OCH3 is 1. The summed E-state index contributed by atoms with van der Waals surface area (Å²) in [7, 11) is -2.04. The van der Waals surface area contributed by atoms with Crippen LogP contribution in [0, 0.1) is 13.8 Å². The number of hydrogen-bond acceptors (Lipinski definition) is 4. The van der Waals surface area contributed by atoms with E-state index in [-0.39, 0.29) is 23.8 Å². The van der Waals surface area contributed by atoms with Gasteiger partial charge < -0.3 is 10.1 Å². The molecule has 2 aromatic carbocycles. The first-order valence-corrected chi connectivity index (χ1v) is 9.76. The molecule has 26 heavy (non-hydrogen) atoms. The molecule has 2 N–H and O–H groups in total. The molecule has 0 aliphatic heterocycles.